The first-order valence-electron chi connectivity index (χ1n) is 11.9. The highest BCUT2D eigenvalue weighted by molar-refractivity contribution is 7.79. The van der Waals surface area contributed by atoms with E-state index in [0.29, 0.717) is 63.4 Å². The lowest BCUT2D eigenvalue weighted by Crippen LogP contribution is -2.42. The molecule has 1 rings (SSSR count). The van der Waals surface area contributed by atoms with Crippen molar-refractivity contribution in [3.8, 4) is 5.75 Å². The molecule has 0 aliphatic carbocycles. The summed E-state index contributed by atoms with van der Waals surface area (Å²) >= 11 is 8.63. The van der Waals surface area contributed by atoms with Gasteiger partial charge in [0.05, 0.1) is 18.6 Å². The van der Waals surface area contributed by atoms with Gasteiger partial charge in [0, 0.05) is 24.6 Å². The maximum atomic E-state index is 12.2. The van der Waals surface area contributed by atoms with Crippen LogP contribution in [-0.2, 0) is 21.1 Å². The highest BCUT2D eigenvalue weighted by Crippen LogP contribution is 2.20. The van der Waals surface area contributed by atoms with Crippen LogP contribution in [0.25, 0.3) is 0 Å². The number of guanidine groups is 1. The van der Waals surface area contributed by atoms with E-state index in [-0.39, 0.29) is 30.2 Å². The second kappa shape index (κ2) is 20.2. The third-order valence-electron chi connectivity index (χ3n) is 5.32. The van der Waals surface area contributed by atoms with Crippen molar-refractivity contribution in [3.05, 3.63) is 29.3 Å². The molecule has 36 heavy (non-hydrogen) atoms. The van der Waals surface area contributed by atoms with Gasteiger partial charge in [-0.3, -0.25) is 14.6 Å². The zero-order valence-electron chi connectivity index (χ0n) is 20.7. The molecule has 1 aromatic rings. The Kier molecular flexibility index (Phi) is 19.2. The van der Waals surface area contributed by atoms with Gasteiger partial charge in [-0.25, -0.2) is 0 Å². The maximum Gasteiger partial charge on any atom is 0.237 e. The molecule has 0 saturated heterocycles. The Morgan fingerprint density at radius 3 is 2.06 bits per heavy atom. The van der Waals surface area contributed by atoms with Crippen molar-refractivity contribution in [2.75, 3.05) is 26.2 Å². The van der Waals surface area contributed by atoms with Crippen LogP contribution < -0.4 is 38.3 Å². The van der Waals surface area contributed by atoms with E-state index in [4.69, 9.17) is 27.7 Å². The minimum Gasteiger partial charge on any atom is -0.492 e. The molecule has 0 aliphatic heterocycles. The van der Waals surface area contributed by atoms with Gasteiger partial charge in [0.15, 0.2) is 5.96 Å². The molecule has 10 nitrogen and oxygen atoms in total. The number of halogens is 1. The molecule has 0 spiro atoms. The van der Waals surface area contributed by atoms with Gasteiger partial charge in [0.25, 0.3) is 0 Å². The van der Waals surface area contributed by atoms with Gasteiger partial charge in [0.1, 0.15) is 12.4 Å². The van der Waals surface area contributed by atoms with Gasteiger partial charge in [0.2, 0.25) is 11.8 Å². The summed E-state index contributed by atoms with van der Waals surface area (Å²) in [5, 5.41) is 5.61. The van der Waals surface area contributed by atoms with E-state index in [1.54, 1.807) is 0 Å². The molecule has 206 valence electrons. The van der Waals surface area contributed by atoms with Crippen molar-refractivity contribution in [3.63, 3.8) is 0 Å². The van der Waals surface area contributed by atoms with E-state index in [1.165, 1.54) is 0 Å². The number of carbonyl (C=O) groups is 2. The quantitative estimate of drug-likeness (QED) is 0.0563. The zero-order chi connectivity index (χ0) is 26.1. The second-order valence-corrected chi connectivity index (χ2v) is 8.82. The van der Waals surface area contributed by atoms with Gasteiger partial charge in [-0.1, -0.05) is 6.07 Å². The first kappa shape index (κ1) is 34.1. The molecule has 0 fully saturated rings. The number of unbranched alkanes of at least 4 members (excludes halogenated alkanes) is 2. The number of amides is 2. The fraction of sp³-hybridized carbons (Fsp3) is 0.609. The van der Waals surface area contributed by atoms with E-state index in [2.05, 4.69) is 40.9 Å². The molecule has 2 atom stereocenters. The van der Waals surface area contributed by atoms with E-state index >= 15 is 0 Å². The van der Waals surface area contributed by atoms with E-state index < -0.39 is 12.1 Å². The lowest BCUT2D eigenvalue weighted by Gasteiger charge is -2.14. The fourth-order valence-electron chi connectivity index (χ4n) is 3.25. The Balaban J connectivity index is 0.0000122. The van der Waals surface area contributed by atoms with Gasteiger partial charge < -0.3 is 38.3 Å². The normalized spacial score (nSPS) is 12.1. The number of carbonyl (C=O) groups excluding carboxylic acids is 2. The molecule has 0 saturated carbocycles. The number of rotatable bonds is 18. The molecule has 0 bridgehead atoms. The molecule has 0 unspecified atom stereocenters. The summed E-state index contributed by atoms with van der Waals surface area (Å²) in [5.41, 5.74) is 24.6. The zero-order valence-corrected chi connectivity index (χ0v) is 23.3. The highest BCUT2D eigenvalue weighted by atomic mass is 35.5. The lowest BCUT2D eigenvalue weighted by molar-refractivity contribution is -0.123. The van der Waals surface area contributed by atoms with Crippen LogP contribution in [0.15, 0.2) is 23.2 Å². The predicted molar refractivity (Wildman–Crippen MR) is 155 cm³/mol. The standard InChI is InChI=1S/C23H41N7O3S2.ClH/c24-19(6-2-4-10-30-23(26)27)21(31)28-9-3-1-5-20(25)22(32)29-11-12-33-18-8-7-16(14-34)17(13-18)15-35;/h7-8,13,19-20,34-35H,1-6,9-12,14-15,24-25H2,(H,28,31)(H,29,32)(H4,26,27,30);1H/t19-,20-;/m1./s1. The highest BCUT2D eigenvalue weighted by Gasteiger charge is 2.14. The molecule has 1 aromatic carbocycles. The van der Waals surface area contributed by atoms with Crippen LogP contribution in [0.3, 0.4) is 0 Å². The number of hydrogen-bond donors (Lipinski definition) is 8. The van der Waals surface area contributed by atoms with E-state index in [1.807, 2.05) is 18.2 Å². The molecule has 0 aromatic heterocycles. The van der Waals surface area contributed by atoms with Gasteiger partial charge in [-0.15, -0.1) is 12.4 Å². The average Bonchev–Trinajstić information content (AvgIpc) is 2.85. The smallest absolute Gasteiger partial charge is 0.237 e. The number of aliphatic imine (C=N–C) groups is 1. The van der Waals surface area contributed by atoms with Crippen molar-refractivity contribution in [1.82, 2.24) is 10.6 Å². The van der Waals surface area contributed by atoms with E-state index in [0.717, 1.165) is 29.7 Å². The Morgan fingerprint density at radius 2 is 1.47 bits per heavy atom. The SMILES string of the molecule is Cl.NC(N)=NCCCC[C@@H](N)C(=O)NCCCC[C@@H](N)C(=O)NCCOc1ccc(CS)c(CS)c1. The summed E-state index contributed by atoms with van der Waals surface area (Å²) in [4.78, 5) is 28.1. The Bertz CT molecular complexity index is 814. The first-order chi connectivity index (χ1) is 16.8. The molecule has 10 N–H and O–H groups in total. The van der Waals surface area contributed by atoms with Gasteiger partial charge >= 0.3 is 0 Å². The molecule has 2 amide bonds. The largest absolute Gasteiger partial charge is 0.492 e. The number of nitrogens with one attached hydrogen (secondary N) is 2. The molecular weight excluding hydrogens is 522 g/mol. The number of thiol groups is 2. The lowest BCUT2D eigenvalue weighted by atomic mass is 10.1. The fourth-order valence-corrected chi connectivity index (χ4v) is 3.85. The number of nitrogens with two attached hydrogens (primary N) is 4. The summed E-state index contributed by atoms with van der Waals surface area (Å²) in [5.74, 6) is 1.64. The topological polar surface area (TPSA) is 184 Å². The molecule has 0 aliphatic rings. The number of ether oxygens (including phenoxy) is 1. The maximum absolute atomic E-state index is 12.2. The molecular formula is C23H42ClN7O3S2. The summed E-state index contributed by atoms with van der Waals surface area (Å²) < 4.78 is 5.70. The molecule has 0 radical (unpaired) electrons. The third kappa shape index (κ3) is 14.6. The summed E-state index contributed by atoms with van der Waals surface area (Å²) in [7, 11) is 0. The molecule has 0 heterocycles. The molecule has 13 heteroatoms. The second-order valence-electron chi connectivity index (χ2n) is 8.19. The number of nitrogens with zero attached hydrogens (tertiary/aromatic N) is 1. The monoisotopic (exact) mass is 563 g/mol. The number of hydrogen-bond acceptors (Lipinski definition) is 8. The summed E-state index contributed by atoms with van der Waals surface area (Å²) in [6, 6.07) is 4.62. The van der Waals surface area contributed by atoms with Crippen LogP contribution in [0.1, 0.15) is 49.7 Å². The minimum atomic E-state index is -0.608. The average molecular weight is 564 g/mol. The van der Waals surface area contributed by atoms with Crippen LogP contribution in [0.5, 0.6) is 5.75 Å². The Hall–Kier alpha value is -1.86. The van der Waals surface area contributed by atoms with Crippen LogP contribution in [-0.4, -0.2) is 56.1 Å². The summed E-state index contributed by atoms with van der Waals surface area (Å²) in [6.45, 7) is 1.71. The van der Waals surface area contributed by atoms with Gasteiger partial charge in [-0.05, 0) is 61.8 Å². The van der Waals surface area contributed by atoms with E-state index in [9.17, 15) is 9.59 Å². The van der Waals surface area contributed by atoms with Gasteiger partial charge in [-0.2, -0.15) is 25.3 Å². The minimum absolute atomic E-state index is 0. The van der Waals surface area contributed by atoms with Crippen molar-refractivity contribution >= 4 is 55.4 Å². The Labute approximate surface area is 231 Å². The first-order valence-corrected chi connectivity index (χ1v) is 13.1. The van der Waals surface area contributed by atoms with Crippen LogP contribution in [0, 0.1) is 0 Å². The predicted octanol–water partition coefficient (Wildman–Crippen LogP) is 0.848. The van der Waals surface area contributed by atoms with Crippen molar-refractivity contribution in [2.45, 2.75) is 62.1 Å². The van der Waals surface area contributed by atoms with Crippen LogP contribution >= 0.6 is 37.7 Å². The van der Waals surface area contributed by atoms with Crippen LogP contribution in [0.2, 0.25) is 0 Å². The Morgan fingerprint density at radius 1 is 0.889 bits per heavy atom. The third-order valence-corrected chi connectivity index (χ3v) is 6.00. The number of benzene rings is 1. The van der Waals surface area contributed by atoms with Crippen LogP contribution in [0.4, 0.5) is 0 Å². The van der Waals surface area contributed by atoms with Crippen molar-refractivity contribution < 1.29 is 14.3 Å². The summed E-state index contributed by atoms with van der Waals surface area (Å²) in [6.07, 6.45) is 4.05. The van der Waals surface area contributed by atoms with Crippen molar-refractivity contribution in [2.24, 2.45) is 27.9 Å². The van der Waals surface area contributed by atoms with Crippen molar-refractivity contribution in [1.29, 1.82) is 0 Å².